The maximum absolute atomic E-state index is 11.2. The van der Waals surface area contributed by atoms with Crippen molar-refractivity contribution in [1.29, 1.82) is 0 Å². The molecule has 0 fully saturated rings. The van der Waals surface area contributed by atoms with Gasteiger partial charge < -0.3 is 9.84 Å². The second-order valence-electron chi connectivity index (χ2n) is 6.49. The zero-order valence-corrected chi connectivity index (χ0v) is 16.5. The molecular weight excluding hydrogens is 394 g/mol. The highest BCUT2D eigenvalue weighted by Gasteiger charge is 2.28. The first-order chi connectivity index (χ1) is 14.0. The van der Waals surface area contributed by atoms with E-state index >= 15 is 0 Å². The minimum Gasteiger partial charge on any atom is -0.497 e. The second-order valence-corrected chi connectivity index (χ2v) is 6.92. The Morgan fingerprint density at radius 3 is 2.69 bits per heavy atom. The molecule has 0 spiro atoms. The van der Waals surface area contributed by atoms with E-state index < -0.39 is 12.1 Å². The van der Waals surface area contributed by atoms with E-state index in [-0.39, 0.29) is 6.54 Å². The Hall–Kier alpha value is -3.23. The van der Waals surface area contributed by atoms with E-state index in [0.717, 1.165) is 16.8 Å². The van der Waals surface area contributed by atoms with Gasteiger partial charge in [-0.15, -0.1) is 10.2 Å². The average Bonchev–Trinajstić information content (AvgIpc) is 3.03. The summed E-state index contributed by atoms with van der Waals surface area (Å²) in [5.74, 6) is 0.870. The Balaban J connectivity index is 1.97. The largest absolute Gasteiger partial charge is 0.497 e. The average molecular weight is 412 g/mol. The Kier molecular flexibility index (Phi) is 5.04. The van der Waals surface area contributed by atoms with E-state index in [1.807, 2.05) is 41.8 Å². The summed E-state index contributed by atoms with van der Waals surface area (Å²) in [6, 6.07) is 13.0. The number of nitrogens with one attached hydrogen (secondary N) is 1. The van der Waals surface area contributed by atoms with Crippen molar-refractivity contribution in [3.8, 4) is 11.4 Å². The molecule has 1 aliphatic heterocycles. The van der Waals surface area contributed by atoms with Crippen molar-refractivity contribution in [2.24, 2.45) is 4.99 Å². The number of aliphatic carboxylic acids is 1. The first-order valence-electron chi connectivity index (χ1n) is 8.87. The zero-order valence-electron chi connectivity index (χ0n) is 15.8. The van der Waals surface area contributed by atoms with Gasteiger partial charge in [-0.3, -0.25) is 19.7 Å². The first-order valence-corrected chi connectivity index (χ1v) is 9.25. The van der Waals surface area contributed by atoms with Gasteiger partial charge >= 0.3 is 5.97 Å². The van der Waals surface area contributed by atoms with Crippen LogP contribution in [0.25, 0.3) is 5.69 Å². The van der Waals surface area contributed by atoms with Gasteiger partial charge in [0.1, 0.15) is 11.6 Å². The number of hydrogen-bond acceptors (Lipinski definition) is 6. The van der Waals surface area contributed by atoms with Crippen molar-refractivity contribution in [2.75, 3.05) is 13.7 Å². The van der Waals surface area contributed by atoms with Crippen LogP contribution in [-0.4, -0.2) is 45.2 Å². The SMILES string of the molecule is COc1ccc2c(c1)C(c1ccc(Cl)cc1)=N[C@H](NCC(=O)O)c1nnc(C)n1-2. The van der Waals surface area contributed by atoms with Gasteiger partial charge in [0.05, 0.1) is 25.1 Å². The summed E-state index contributed by atoms with van der Waals surface area (Å²) in [6.45, 7) is 1.57. The van der Waals surface area contributed by atoms with Crippen LogP contribution in [0, 0.1) is 6.92 Å². The molecular formula is C20H18ClN5O3. The lowest BCUT2D eigenvalue weighted by atomic mass is 10.00. The number of aryl methyl sites for hydroxylation is 1. The maximum atomic E-state index is 11.2. The molecule has 2 N–H and O–H groups in total. The summed E-state index contributed by atoms with van der Waals surface area (Å²) in [5.41, 5.74) is 3.15. The van der Waals surface area contributed by atoms with Crippen LogP contribution in [-0.2, 0) is 4.79 Å². The van der Waals surface area contributed by atoms with Crippen molar-refractivity contribution in [3.05, 3.63) is 70.3 Å². The van der Waals surface area contributed by atoms with E-state index in [1.165, 1.54) is 0 Å². The molecule has 1 aliphatic rings. The van der Waals surface area contributed by atoms with Crippen LogP contribution >= 0.6 is 11.6 Å². The molecule has 9 heteroatoms. The number of aromatic nitrogens is 3. The van der Waals surface area contributed by atoms with Gasteiger partial charge in [0.25, 0.3) is 0 Å². The van der Waals surface area contributed by atoms with Crippen molar-refractivity contribution >= 4 is 23.3 Å². The summed E-state index contributed by atoms with van der Waals surface area (Å²) < 4.78 is 7.30. The van der Waals surface area contributed by atoms with Gasteiger partial charge in [-0.1, -0.05) is 23.7 Å². The van der Waals surface area contributed by atoms with E-state index in [1.54, 1.807) is 19.2 Å². The van der Waals surface area contributed by atoms with E-state index in [2.05, 4.69) is 15.5 Å². The molecule has 0 radical (unpaired) electrons. The number of rotatable bonds is 5. The minimum atomic E-state index is -0.987. The molecule has 8 nitrogen and oxygen atoms in total. The Labute approximate surface area is 171 Å². The minimum absolute atomic E-state index is 0.270. The predicted octanol–water partition coefficient (Wildman–Crippen LogP) is 2.76. The van der Waals surface area contributed by atoms with Crippen LogP contribution < -0.4 is 10.1 Å². The fourth-order valence-corrected chi connectivity index (χ4v) is 3.42. The lowest BCUT2D eigenvalue weighted by Gasteiger charge is -2.14. The molecule has 29 heavy (non-hydrogen) atoms. The molecule has 2 heterocycles. The van der Waals surface area contributed by atoms with Crippen molar-refractivity contribution in [3.63, 3.8) is 0 Å². The maximum Gasteiger partial charge on any atom is 0.317 e. The molecule has 1 aromatic heterocycles. The summed E-state index contributed by atoms with van der Waals surface area (Å²) in [4.78, 5) is 16.0. The van der Waals surface area contributed by atoms with Crippen molar-refractivity contribution in [1.82, 2.24) is 20.1 Å². The topological polar surface area (TPSA) is 102 Å². The smallest absolute Gasteiger partial charge is 0.317 e. The molecule has 4 rings (SSSR count). The molecule has 0 bridgehead atoms. The highest BCUT2D eigenvalue weighted by atomic mass is 35.5. The fraction of sp³-hybridized carbons (Fsp3) is 0.200. The molecule has 0 unspecified atom stereocenters. The Bertz CT molecular complexity index is 1110. The summed E-state index contributed by atoms with van der Waals surface area (Å²) in [6.07, 6.45) is -0.698. The highest BCUT2D eigenvalue weighted by molar-refractivity contribution is 6.30. The van der Waals surface area contributed by atoms with Crippen LogP contribution in [0.2, 0.25) is 5.02 Å². The third-order valence-electron chi connectivity index (χ3n) is 4.62. The number of hydrogen-bond donors (Lipinski definition) is 2. The van der Waals surface area contributed by atoms with Gasteiger partial charge in [0.15, 0.2) is 12.0 Å². The lowest BCUT2D eigenvalue weighted by molar-refractivity contribution is -0.136. The number of nitrogens with zero attached hydrogens (tertiary/aromatic N) is 4. The lowest BCUT2D eigenvalue weighted by Crippen LogP contribution is -2.28. The number of carboxylic acids is 1. The number of fused-ring (bicyclic) bond motifs is 3. The zero-order chi connectivity index (χ0) is 20.5. The van der Waals surface area contributed by atoms with Gasteiger partial charge in [-0.05, 0) is 37.3 Å². The fourth-order valence-electron chi connectivity index (χ4n) is 3.30. The Morgan fingerprint density at radius 1 is 1.24 bits per heavy atom. The monoisotopic (exact) mass is 411 g/mol. The Morgan fingerprint density at radius 2 is 2.00 bits per heavy atom. The number of methoxy groups -OCH3 is 1. The molecule has 2 aromatic carbocycles. The number of carboxylic acid groups (broad SMARTS) is 1. The molecule has 1 atom stereocenters. The number of halogens is 1. The van der Waals surface area contributed by atoms with E-state index in [0.29, 0.717) is 28.1 Å². The molecule has 148 valence electrons. The van der Waals surface area contributed by atoms with Crippen LogP contribution in [0.4, 0.5) is 0 Å². The van der Waals surface area contributed by atoms with Crippen LogP contribution in [0.15, 0.2) is 47.5 Å². The van der Waals surface area contributed by atoms with Gasteiger partial charge in [0.2, 0.25) is 0 Å². The summed E-state index contributed by atoms with van der Waals surface area (Å²) >= 11 is 6.06. The number of benzene rings is 2. The molecule has 0 saturated carbocycles. The van der Waals surface area contributed by atoms with Crippen LogP contribution in [0.3, 0.4) is 0 Å². The molecule has 0 saturated heterocycles. The third-order valence-corrected chi connectivity index (χ3v) is 4.87. The quantitative estimate of drug-likeness (QED) is 0.669. The van der Waals surface area contributed by atoms with Crippen LogP contribution in [0.1, 0.15) is 28.9 Å². The molecule has 3 aromatic rings. The van der Waals surface area contributed by atoms with Crippen LogP contribution in [0.5, 0.6) is 5.75 Å². The number of carbonyl (C=O) groups is 1. The normalized spacial score (nSPS) is 15.1. The molecule has 0 aliphatic carbocycles. The first kappa shape index (κ1) is 19.1. The summed E-state index contributed by atoms with van der Waals surface area (Å²) in [7, 11) is 1.60. The van der Waals surface area contributed by atoms with Crippen molar-refractivity contribution in [2.45, 2.75) is 13.1 Å². The van der Waals surface area contributed by atoms with E-state index in [9.17, 15) is 4.79 Å². The predicted molar refractivity (Wildman–Crippen MR) is 108 cm³/mol. The van der Waals surface area contributed by atoms with E-state index in [4.69, 9.17) is 26.4 Å². The van der Waals surface area contributed by atoms with Gasteiger partial charge in [-0.25, -0.2) is 0 Å². The molecule has 0 amide bonds. The standard InChI is InChI=1S/C20H18ClN5O3/c1-11-24-25-20-19(22-10-17(27)28)23-18(12-3-5-13(21)6-4-12)15-9-14(29-2)7-8-16(15)26(11)20/h3-9,19,22H,10H2,1-2H3,(H,27,28)/t19-/m0/s1. The van der Waals surface area contributed by atoms with Gasteiger partial charge in [-0.2, -0.15) is 0 Å². The number of aliphatic imine (C=N–C) groups is 1. The van der Waals surface area contributed by atoms with Crippen molar-refractivity contribution < 1.29 is 14.6 Å². The highest BCUT2D eigenvalue weighted by Crippen LogP contribution is 2.32. The third kappa shape index (κ3) is 3.59. The second kappa shape index (κ2) is 7.65. The number of ether oxygens (including phenoxy) is 1. The van der Waals surface area contributed by atoms with Gasteiger partial charge in [0, 0.05) is 16.1 Å². The summed E-state index contributed by atoms with van der Waals surface area (Å²) in [5, 5.41) is 21.1.